The molecular weight excluding hydrogens is 188 g/mol. The summed E-state index contributed by atoms with van der Waals surface area (Å²) >= 11 is 0. The maximum atomic E-state index is 9.24. The molecule has 3 heteroatoms. The van der Waals surface area contributed by atoms with E-state index in [9.17, 15) is 5.11 Å². The van der Waals surface area contributed by atoms with Crippen LogP contribution in [0.3, 0.4) is 0 Å². The van der Waals surface area contributed by atoms with Crippen molar-refractivity contribution in [3.05, 3.63) is 29.8 Å². The maximum absolute atomic E-state index is 9.24. The molecule has 1 unspecified atom stereocenters. The first-order chi connectivity index (χ1) is 7.22. The molecular formula is C12H20N2O. The van der Waals surface area contributed by atoms with Crippen LogP contribution in [0.1, 0.15) is 12.5 Å². The molecule has 0 amide bonds. The highest BCUT2D eigenvalue weighted by atomic mass is 16.3. The summed E-state index contributed by atoms with van der Waals surface area (Å²) in [6, 6.07) is 8.26. The van der Waals surface area contributed by atoms with E-state index in [1.54, 1.807) is 0 Å². The molecule has 84 valence electrons. The van der Waals surface area contributed by atoms with Crippen molar-refractivity contribution in [3.63, 3.8) is 0 Å². The van der Waals surface area contributed by atoms with Gasteiger partial charge in [0.2, 0.25) is 0 Å². The van der Waals surface area contributed by atoms with Crippen LogP contribution in [0.2, 0.25) is 0 Å². The summed E-state index contributed by atoms with van der Waals surface area (Å²) < 4.78 is 0. The van der Waals surface area contributed by atoms with E-state index in [0.717, 1.165) is 12.2 Å². The summed E-state index contributed by atoms with van der Waals surface area (Å²) in [5, 5.41) is 9.24. The fourth-order valence-corrected chi connectivity index (χ4v) is 1.76. The predicted molar refractivity (Wildman–Crippen MR) is 64.1 cm³/mol. The van der Waals surface area contributed by atoms with Crippen molar-refractivity contribution < 1.29 is 5.11 Å². The monoisotopic (exact) mass is 208 g/mol. The molecule has 0 fully saturated rings. The van der Waals surface area contributed by atoms with Crippen LogP contribution in [0, 0.1) is 6.92 Å². The Morgan fingerprint density at radius 3 is 2.67 bits per heavy atom. The maximum Gasteiger partial charge on any atom is 0.0647 e. The first-order valence-corrected chi connectivity index (χ1v) is 5.37. The SMILES string of the molecule is CCN(c1cccc(C)c1)C(CN)CO. The Balaban J connectivity index is 2.90. The highest BCUT2D eigenvalue weighted by Gasteiger charge is 2.14. The van der Waals surface area contributed by atoms with Crippen molar-refractivity contribution in [2.75, 3.05) is 24.6 Å². The third kappa shape index (κ3) is 2.94. The topological polar surface area (TPSA) is 49.5 Å². The Kier molecular flexibility index (Phi) is 4.59. The zero-order valence-electron chi connectivity index (χ0n) is 9.48. The summed E-state index contributed by atoms with van der Waals surface area (Å²) in [7, 11) is 0. The van der Waals surface area contributed by atoms with Crippen molar-refractivity contribution in [2.45, 2.75) is 19.9 Å². The predicted octanol–water partition coefficient (Wildman–Crippen LogP) is 1.14. The summed E-state index contributed by atoms with van der Waals surface area (Å²) in [6.45, 7) is 5.55. The molecule has 3 N–H and O–H groups in total. The van der Waals surface area contributed by atoms with E-state index in [1.807, 2.05) is 6.07 Å². The second-order valence-corrected chi connectivity index (χ2v) is 3.70. The van der Waals surface area contributed by atoms with E-state index in [4.69, 9.17) is 5.73 Å². The van der Waals surface area contributed by atoms with Crippen molar-refractivity contribution in [3.8, 4) is 0 Å². The number of anilines is 1. The highest BCUT2D eigenvalue weighted by molar-refractivity contribution is 5.49. The highest BCUT2D eigenvalue weighted by Crippen LogP contribution is 2.17. The van der Waals surface area contributed by atoms with E-state index in [1.165, 1.54) is 5.56 Å². The number of likely N-dealkylation sites (N-methyl/N-ethyl adjacent to an activating group) is 1. The number of rotatable bonds is 5. The second kappa shape index (κ2) is 5.73. The number of aliphatic hydroxyl groups is 1. The van der Waals surface area contributed by atoms with Gasteiger partial charge in [-0.1, -0.05) is 12.1 Å². The van der Waals surface area contributed by atoms with Gasteiger partial charge in [-0.05, 0) is 31.5 Å². The second-order valence-electron chi connectivity index (χ2n) is 3.70. The normalized spacial score (nSPS) is 12.5. The summed E-state index contributed by atoms with van der Waals surface area (Å²) in [6.07, 6.45) is 0. The van der Waals surface area contributed by atoms with Crippen LogP contribution < -0.4 is 10.6 Å². The van der Waals surface area contributed by atoms with Gasteiger partial charge in [0.1, 0.15) is 0 Å². The van der Waals surface area contributed by atoms with E-state index >= 15 is 0 Å². The van der Waals surface area contributed by atoms with Gasteiger partial charge in [-0.3, -0.25) is 0 Å². The van der Waals surface area contributed by atoms with Crippen LogP contribution >= 0.6 is 0 Å². The third-order valence-corrected chi connectivity index (χ3v) is 2.60. The zero-order valence-corrected chi connectivity index (χ0v) is 9.48. The molecule has 15 heavy (non-hydrogen) atoms. The Morgan fingerprint density at radius 1 is 1.47 bits per heavy atom. The minimum absolute atomic E-state index is 0.0109. The minimum atomic E-state index is 0.0109. The molecule has 1 rings (SSSR count). The molecule has 0 heterocycles. The summed E-state index contributed by atoms with van der Waals surface area (Å²) in [5.41, 5.74) is 7.98. The Morgan fingerprint density at radius 2 is 2.20 bits per heavy atom. The van der Waals surface area contributed by atoms with Crippen LogP contribution in [-0.4, -0.2) is 30.8 Å². The molecule has 1 atom stereocenters. The molecule has 0 aliphatic carbocycles. The van der Waals surface area contributed by atoms with Crippen molar-refractivity contribution in [1.29, 1.82) is 0 Å². The molecule has 0 bridgehead atoms. The number of nitrogens with zero attached hydrogens (tertiary/aromatic N) is 1. The quantitative estimate of drug-likeness (QED) is 0.763. The summed E-state index contributed by atoms with van der Waals surface area (Å²) in [5.74, 6) is 0. The van der Waals surface area contributed by atoms with Gasteiger partial charge in [-0.2, -0.15) is 0 Å². The van der Waals surface area contributed by atoms with Gasteiger partial charge in [0.25, 0.3) is 0 Å². The molecule has 0 aromatic heterocycles. The molecule has 0 aliphatic heterocycles. The molecule has 1 aromatic carbocycles. The number of aliphatic hydroxyl groups excluding tert-OH is 1. The Hall–Kier alpha value is -1.06. The largest absolute Gasteiger partial charge is 0.394 e. The van der Waals surface area contributed by atoms with E-state index in [-0.39, 0.29) is 12.6 Å². The average Bonchev–Trinajstić information content (AvgIpc) is 2.25. The van der Waals surface area contributed by atoms with Gasteiger partial charge in [0.05, 0.1) is 12.6 Å². The van der Waals surface area contributed by atoms with Crippen LogP contribution in [0.15, 0.2) is 24.3 Å². The fourth-order valence-electron chi connectivity index (χ4n) is 1.76. The summed E-state index contributed by atoms with van der Waals surface area (Å²) in [4.78, 5) is 2.13. The Labute approximate surface area is 91.5 Å². The fraction of sp³-hybridized carbons (Fsp3) is 0.500. The van der Waals surface area contributed by atoms with Gasteiger partial charge in [-0.25, -0.2) is 0 Å². The van der Waals surface area contributed by atoms with Gasteiger partial charge >= 0.3 is 0 Å². The number of aryl methyl sites for hydroxylation is 1. The van der Waals surface area contributed by atoms with Crippen LogP contribution in [0.25, 0.3) is 0 Å². The lowest BCUT2D eigenvalue weighted by Crippen LogP contribution is -2.43. The molecule has 1 aromatic rings. The smallest absolute Gasteiger partial charge is 0.0647 e. The molecule has 0 spiro atoms. The Bertz CT molecular complexity index is 297. The number of benzene rings is 1. The van der Waals surface area contributed by atoms with Crippen LogP contribution in [0.4, 0.5) is 5.69 Å². The molecule has 3 nitrogen and oxygen atoms in total. The molecule has 0 radical (unpaired) electrons. The third-order valence-electron chi connectivity index (χ3n) is 2.60. The standard InChI is InChI=1S/C12H20N2O/c1-3-14(12(8-13)9-15)11-6-4-5-10(2)7-11/h4-7,12,15H,3,8-9,13H2,1-2H3. The lowest BCUT2D eigenvalue weighted by Gasteiger charge is -2.30. The van der Waals surface area contributed by atoms with Gasteiger partial charge in [-0.15, -0.1) is 0 Å². The lowest BCUT2D eigenvalue weighted by atomic mass is 10.1. The number of hydrogen-bond donors (Lipinski definition) is 2. The van der Waals surface area contributed by atoms with Crippen molar-refractivity contribution in [1.82, 2.24) is 0 Å². The zero-order chi connectivity index (χ0) is 11.3. The van der Waals surface area contributed by atoms with Gasteiger partial charge < -0.3 is 15.7 Å². The van der Waals surface area contributed by atoms with E-state index < -0.39 is 0 Å². The first kappa shape index (κ1) is 12.0. The minimum Gasteiger partial charge on any atom is -0.394 e. The van der Waals surface area contributed by atoms with E-state index in [2.05, 4.69) is 36.9 Å². The number of nitrogens with two attached hydrogens (primary N) is 1. The van der Waals surface area contributed by atoms with Gasteiger partial charge in [0.15, 0.2) is 0 Å². The van der Waals surface area contributed by atoms with Crippen molar-refractivity contribution in [2.24, 2.45) is 5.73 Å². The van der Waals surface area contributed by atoms with Gasteiger partial charge in [0, 0.05) is 18.8 Å². The molecule has 0 aliphatic rings. The number of hydrogen-bond acceptors (Lipinski definition) is 3. The van der Waals surface area contributed by atoms with Crippen LogP contribution in [-0.2, 0) is 0 Å². The van der Waals surface area contributed by atoms with Crippen LogP contribution in [0.5, 0.6) is 0 Å². The lowest BCUT2D eigenvalue weighted by molar-refractivity contribution is 0.262. The molecule has 0 saturated heterocycles. The van der Waals surface area contributed by atoms with Crippen molar-refractivity contribution >= 4 is 5.69 Å². The first-order valence-electron chi connectivity index (χ1n) is 5.37. The molecule has 0 saturated carbocycles. The average molecular weight is 208 g/mol. The van der Waals surface area contributed by atoms with E-state index in [0.29, 0.717) is 6.54 Å².